The van der Waals surface area contributed by atoms with Crippen molar-refractivity contribution in [3.63, 3.8) is 0 Å². The molecule has 4 rings (SSSR count). The Bertz CT molecular complexity index is 1120. The maximum Gasteiger partial charge on any atom is 0.322 e. The Morgan fingerprint density at radius 1 is 1.03 bits per heavy atom. The van der Waals surface area contributed by atoms with Crippen molar-refractivity contribution < 1.29 is 9.59 Å². The first-order valence-corrected chi connectivity index (χ1v) is 11.2. The minimum absolute atomic E-state index is 0.173. The second kappa shape index (κ2) is 9.03. The number of rotatable bonds is 4. The highest BCUT2D eigenvalue weighted by atomic mass is 35.5. The van der Waals surface area contributed by atoms with Gasteiger partial charge in [0, 0.05) is 22.9 Å². The molecule has 1 aliphatic rings. The van der Waals surface area contributed by atoms with Crippen LogP contribution in [0.4, 0.5) is 16.2 Å². The van der Waals surface area contributed by atoms with E-state index in [9.17, 15) is 9.59 Å². The molecule has 1 aromatic heterocycles. The SMILES string of the molecule is Cc1ccc(NC(=O)N2CCC[C@H]2c2nnc(C(=O)Nc3ccc(Cl)cc3)s2)cc1C. The molecule has 0 unspecified atom stereocenters. The fraction of sp³-hybridized carbons (Fsp3) is 0.273. The predicted molar refractivity (Wildman–Crippen MR) is 123 cm³/mol. The molecule has 1 atom stereocenters. The summed E-state index contributed by atoms with van der Waals surface area (Å²) in [6, 6.07) is 12.3. The van der Waals surface area contributed by atoms with Crippen LogP contribution >= 0.6 is 22.9 Å². The zero-order valence-corrected chi connectivity index (χ0v) is 18.8. The van der Waals surface area contributed by atoms with Gasteiger partial charge in [0.1, 0.15) is 5.01 Å². The summed E-state index contributed by atoms with van der Waals surface area (Å²) in [6.45, 7) is 4.68. The van der Waals surface area contributed by atoms with Crippen molar-refractivity contribution in [3.8, 4) is 0 Å². The lowest BCUT2D eigenvalue weighted by Gasteiger charge is -2.23. The number of aryl methyl sites for hydroxylation is 2. The summed E-state index contributed by atoms with van der Waals surface area (Å²) in [5.74, 6) is -0.338. The number of carbonyl (C=O) groups excluding carboxylic acids is 2. The maximum absolute atomic E-state index is 12.9. The third-order valence-corrected chi connectivity index (χ3v) is 6.57. The largest absolute Gasteiger partial charge is 0.322 e. The van der Waals surface area contributed by atoms with Crippen LogP contribution in [-0.2, 0) is 0 Å². The first kappa shape index (κ1) is 21.3. The fourth-order valence-corrected chi connectivity index (χ4v) is 4.47. The Hall–Kier alpha value is -2.97. The van der Waals surface area contributed by atoms with E-state index >= 15 is 0 Å². The van der Waals surface area contributed by atoms with Crippen LogP contribution in [0, 0.1) is 13.8 Å². The smallest absolute Gasteiger partial charge is 0.320 e. The van der Waals surface area contributed by atoms with E-state index in [0.29, 0.717) is 22.3 Å². The van der Waals surface area contributed by atoms with Crippen molar-refractivity contribution in [2.75, 3.05) is 17.2 Å². The monoisotopic (exact) mass is 455 g/mol. The molecule has 0 radical (unpaired) electrons. The molecule has 2 heterocycles. The number of urea groups is 1. The number of nitrogens with zero attached hydrogens (tertiary/aromatic N) is 3. The van der Waals surface area contributed by atoms with Crippen LogP contribution in [0.1, 0.15) is 44.8 Å². The molecule has 3 amide bonds. The Morgan fingerprint density at radius 2 is 1.77 bits per heavy atom. The van der Waals surface area contributed by atoms with Crippen LogP contribution in [0.25, 0.3) is 0 Å². The molecule has 0 spiro atoms. The molecule has 0 saturated carbocycles. The van der Waals surface area contributed by atoms with Crippen LogP contribution in [-0.4, -0.2) is 33.6 Å². The van der Waals surface area contributed by atoms with Gasteiger partial charge in [0.05, 0.1) is 6.04 Å². The quantitative estimate of drug-likeness (QED) is 0.549. The highest BCUT2D eigenvalue weighted by molar-refractivity contribution is 7.13. The van der Waals surface area contributed by atoms with Crippen molar-refractivity contribution in [1.82, 2.24) is 15.1 Å². The standard InChI is InChI=1S/C22H22ClN5O2S/c1-13-5-8-17(12-14(13)2)25-22(30)28-11-3-4-18(28)20-26-27-21(31-20)19(29)24-16-9-6-15(23)7-10-16/h5-10,12,18H,3-4,11H2,1-2H3,(H,24,29)(H,25,30)/t18-/m0/s1. The van der Waals surface area contributed by atoms with Crippen LogP contribution < -0.4 is 10.6 Å². The fourth-order valence-electron chi connectivity index (χ4n) is 3.46. The van der Waals surface area contributed by atoms with E-state index in [1.54, 1.807) is 29.2 Å². The number of amides is 3. The van der Waals surface area contributed by atoms with Gasteiger partial charge in [-0.25, -0.2) is 4.79 Å². The number of anilines is 2. The van der Waals surface area contributed by atoms with Crippen molar-refractivity contribution >= 4 is 46.3 Å². The number of likely N-dealkylation sites (tertiary alicyclic amines) is 1. The molecular weight excluding hydrogens is 434 g/mol. The van der Waals surface area contributed by atoms with Gasteiger partial charge in [0.25, 0.3) is 5.91 Å². The van der Waals surface area contributed by atoms with E-state index in [0.717, 1.165) is 24.1 Å². The summed E-state index contributed by atoms with van der Waals surface area (Å²) < 4.78 is 0. The average Bonchev–Trinajstić information content (AvgIpc) is 3.42. The van der Waals surface area contributed by atoms with Gasteiger partial charge < -0.3 is 15.5 Å². The molecule has 2 N–H and O–H groups in total. The summed E-state index contributed by atoms with van der Waals surface area (Å²) in [5.41, 5.74) is 3.69. The van der Waals surface area contributed by atoms with Crippen LogP contribution in [0.2, 0.25) is 5.02 Å². The lowest BCUT2D eigenvalue weighted by Crippen LogP contribution is -2.34. The van der Waals surface area contributed by atoms with Gasteiger partial charge in [-0.05, 0) is 74.2 Å². The van der Waals surface area contributed by atoms with Gasteiger partial charge in [0.2, 0.25) is 5.01 Å². The summed E-state index contributed by atoms with van der Waals surface area (Å²) in [7, 11) is 0. The molecule has 0 bridgehead atoms. The van der Waals surface area contributed by atoms with E-state index in [1.165, 1.54) is 16.9 Å². The van der Waals surface area contributed by atoms with Gasteiger partial charge in [-0.2, -0.15) is 0 Å². The number of carbonyl (C=O) groups is 2. The lowest BCUT2D eigenvalue weighted by atomic mass is 10.1. The second-order valence-corrected chi connectivity index (χ2v) is 8.93. The van der Waals surface area contributed by atoms with Crippen LogP contribution in [0.5, 0.6) is 0 Å². The molecule has 2 aromatic carbocycles. The van der Waals surface area contributed by atoms with Gasteiger partial charge >= 0.3 is 6.03 Å². The molecule has 31 heavy (non-hydrogen) atoms. The number of benzene rings is 2. The van der Waals surface area contributed by atoms with E-state index in [4.69, 9.17) is 11.6 Å². The molecule has 160 valence electrons. The van der Waals surface area contributed by atoms with Crippen molar-refractivity contribution in [2.24, 2.45) is 0 Å². The van der Waals surface area contributed by atoms with E-state index in [2.05, 4.69) is 20.8 Å². The predicted octanol–water partition coefficient (Wildman–Crippen LogP) is 5.43. The van der Waals surface area contributed by atoms with Crippen LogP contribution in [0.15, 0.2) is 42.5 Å². The minimum Gasteiger partial charge on any atom is -0.320 e. The number of aromatic nitrogens is 2. The van der Waals surface area contributed by atoms with E-state index in [-0.39, 0.29) is 23.0 Å². The third kappa shape index (κ3) is 4.86. The first-order valence-electron chi connectivity index (χ1n) is 9.96. The van der Waals surface area contributed by atoms with Gasteiger partial charge in [-0.15, -0.1) is 10.2 Å². The molecule has 3 aromatic rings. The average molecular weight is 456 g/mol. The number of hydrogen-bond acceptors (Lipinski definition) is 5. The number of hydrogen-bond donors (Lipinski definition) is 2. The molecule has 9 heteroatoms. The topological polar surface area (TPSA) is 87.2 Å². The van der Waals surface area contributed by atoms with Gasteiger partial charge in [-0.1, -0.05) is 29.0 Å². The Morgan fingerprint density at radius 3 is 2.52 bits per heavy atom. The summed E-state index contributed by atoms with van der Waals surface area (Å²) in [5, 5.41) is 15.5. The highest BCUT2D eigenvalue weighted by Gasteiger charge is 2.33. The Balaban J connectivity index is 1.44. The van der Waals surface area contributed by atoms with Gasteiger partial charge in [0.15, 0.2) is 0 Å². The van der Waals surface area contributed by atoms with Crippen molar-refractivity contribution in [2.45, 2.75) is 32.7 Å². The highest BCUT2D eigenvalue weighted by Crippen LogP contribution is 2.34. The first-order chi connectivity index (χ1) is 14.9. The molecule has 0 aliphatic carbocycles. The van der Waals surface area contributed by atoms with E-state index in [1.807, 2.05) is 32.0 Å². The van der Waals surface area contributed by atoms with Gasteiger partial charge in [-0.3, -0.25) is 4.79 Å². The van der Waals surface area contributed by atoms with Crippen LogP contribution in [0.3, 0.4) is 0 Å². The van der Waals surface area contributed by atoms with Crippen molar-refractivity contribution in [3.05, 3.63) is 68.6 Å². The number of nitrogens with one attached hydrogen (secondary N) is 2. The second-order valence-electron chi connectivity index (χ2n) is 7.49. The third-order valence-electron chi connectivity index (χ3n) is 5.29. The zero-order chi connectivity index (χ0) is 22.0. The van der Waals surface area contributed by atoms with E-state index < -0.39 is 0 Å². The molecule has 1 fully saturated rings. The molecule has 1 aliphatic heterocycles. The molecule has 7 nitrogen and oxygen atoms in total. The maximum atomic E-state index is 12.9. The Labute approximate surface area is 189 Å². The normalized spacial score (nSPS) is 15.7. The summed E-state index contributed by atoms with van der Waals surface area (Å²) >= 11 is 7.09. The minimum atomic E-state index is -0.338. The summed E-state index contributed by atoms with van der Waals surface area (Å²) in [6.07, 6.45) is 1.66. The zero-order valence-electron chi connectivity index (χ0n) is 17.2. The summed E-state index contributed by atoms with van der Waals surface area (Å²) in [4.78, 5) is 27.2. The molecular formula is C22H22ClN5O2S. The number of halogens is 1. The Kier molecular flexibility index (Phi) is 6.20. The molecule has 1 saturated heterocycles. The lowest BCUT2D eigenvalue weighted by molar-refractivity contribution is 0.102. The van der Waals surface area contributed by atoms with Crippen molar-refractivity contribution in [1.29, 1.82) is 0 Å².